The molecule has 4 rings (SSSR count). The maximum atomic E-state index is 14.1. The second-order valence-corrected chi connectivity index (χ2v) is 6.96. The number of aliphatic hydroxyl groups excluding tert-OH is 2. The van der Waals surface area contributed by atoms with Gasteiger partial charge in [-0.2, -0.15) is 5.10 Å². The normalized spacial score (nSPS) is 20.3. The van der Waals surface area contributed by atoms with E-state index < -0.39 is 18.2 Å². The number of nitrogen functional groups attached to an aromatic ring is 1. The molecule has 2 aromatic heterocycles. The van der Waals surface area contributed by atoms with Gasteiger partial charge in [-0.25, -0.2) is 18.3 Å². The Bertz CT molecular complexity index is 997. The van der Waals surface area contributed by atoms with Gasteiger partial charge in [0.2, 0.25) is 0 Å². The van der Waals surface area contributed by atoms with E-state index in [9.17, 15) is 19.0 Å². The molecule has 1 saturated carbocycles. The SMILES string of the molecule is Nc1nc(C2CCC(O)CC2)nn2ccc(-c3cc(F)cc(F)c3CO)c12. The lowest BCUT2D eigenvalue weighted by molar-refractivity contribution is 0.121. The zero-order valence-electron chi connectivity index (χ0n) is 14.6. The zero-order chi connectivity index (χ0) is 19.1. The Kier molecular flexibility index (Phi) is 4.53. The summed E-state index contributed by atoms with van der Waals surface area (Å²) in [5.74, 6) is -0.633. The van der Waals surface area contributed by atoms with Crippen molar-refractivity contribution in [3.8, 4) is 11.1 Å². The van der Waals surface area contributed by atoms with Crippen LogP contribution < -0.4 is 5.73 Å². The van der Waals surface area contributed by atoms with Crippen molar-refractivity contribution in [1.29, 1.82) is 0 Å². The third-order valence-electron chi connectivity index (χ3n) is 5.22. The van der Waals surface area contributed by atoms with Crippen LogP contribution in [0.2, 0.25) is 0 Å². The highest BCUT2D eigenvalue weighted by Gasteiger charge is 2.25. The molecule has 27 heavy (non-hydrogen) atoms. The highest BCUT2D eigenvalue weighted by atomic mass is 19.1. The molecule has 1 fully saturated rings. The number of aliphatic hydroxyl groups is 2. The quantitative estimate of drug-likeness (QED) is 0.655. The lowest BCUT2D eigenvalue weighted by Crippen LogP contribution is -2.19. The minimum Gasteiger partial charge on any atom is -0.393 e. The van der Waals surface area contributed by atoms with Crippen LogP contribution in [0.4, 0.5) is 14.6 Å². The van der Waals surface area contributed by atoms with Crippen molar-refractivity contribution in [2.75, 3.05) is 5.73 Å². The van der Waals surface area contributed by atoms with E-state index in [-0.39, 0.29) is 29.0 Å². The molecule has 142 valence electrons. The van der Waals surface area contributed by atoms with Crippen molar-refractivity contribution >= 4 is 11.3 Å². The maximum absolute atomic E-state index is 14.1. The highest BCUT2D eigenvalue weighted by Crippen LogP contribution is 2.35. The third kappa shape index (κ3) is 3.15. The van der Waals surface area contributed by atoms with Gasteiger partial charge >= 0.3 is 0 Å². The van der Waals surface area contributed by atoms with Gasteiger partial charge in [0.25, 0.3) is 0 Å². The first-order valence-corrected chi connectivity index (χ1v) is 8.90. The molecule has 0 amide bonds. The molecular formula is C19H20F2N4O2. The van der Waals surface area contributed by atoms with Gasteiger partial charge in [-0.15, -0.1) is 0 Å². The summed E-state index contributed by atoms with van der Waals surface area (Å²) in [6.45, 7) is -0.567. The van der Waals surface area contributed by atoms with E-state index in [1.807, 2.05) is 0 Å². The number of aromatic nitrogens is 3. The van der Waals surface area contributed by atoms with Crippen LogP contribution in [-0.4, -0.2) is 30.9 Å². The predicted molar refractivity (Wildman–Crippen MR) is 95.9 cm³/mol. The van der Waals surface area contributed by atoms with Crippen molar-refractivity contribution in [2.45, 2.75) is 44.3 Å². The Hall–Kier alpha value is -2.58. The van der Waals surface area contributed by atoms with Gasteiger partial charge in [-0.3, -0.25) is 0 Å². The minimum atomic E-state index is -0.816. The van der Waals surface area contributed by atoms with Crippen LogP contribution in [0, 0.1) is 11.6 Å². The largest absolute Gasteiger partial charge is 0.393 e. The molecule has 0 bridgehead atoms. The fourth-order valence-electron chi connectivity index (χ4n) is 3.80. The number of halogens is 2. The standard InChI is InChI=1S/C19H20F2N4O2/c20-11-7-14(15(9-26)16(21)8-11)13-5-6-25-17(13)18(22)23-19(24-25)10-1-3-12(27)4-2-10/h5-8,10,12,26-27H,1-4,9H2,(H2,22,23,24). The average molecular weight is 374 g/mol. The van der Waals surface area contributed by atoms with Crippen molar-refractivity contribution in [1.82, 2.24) is 14.6 Å². The lowest BCUT2D eigenvalue weighted by atomic mass is 9.87. The first kappa shape index (κ1) is 17.8. The Balaban J connectivity index is 1.81. The summed E-state index contributed by atoms with van der Waals surface area (Å²) in [6.07, 6.45) is 4.35. The van der Waals surface area contributed by atoms with E-state index in [2.05, 4.69) is 10.1 Å². The molecular weight excluding hydrogens is 354 g/mol. The number of nitrogens with zero attached hydrogens (tertiary/aromatic N) is 3. The fourth-order valence-corrected chi connectivity index (χ4v) is 3.80. The Morgan fingerprint density at radius 3 is 2.59 bits per heavy atom. The van der Waals surface area contributed by atoms with Crippen molar-refractivity contribution in [3.63, 3.8) is 0 Å². The smallest absolute Gasteiger partial charge is 0.154 e. The van der Waals surface area contributed by atoms with Crippen molar-refractivity contribution < 1.29 is 19.0 Å². The van der Waals surface area contributed by atoms with Crippen LogP contribution in [0.25, 0.3) is 16.6 Å². The van der Waals surface area contributed by atoms with Crippen LogP contribution in [0.5, 0.6) is 0 Å². The van der Waals surface area contributed by atoms with Crippen molar-refractivity contribution in [2.24, 2.45) is 0 Å². The zero-order valence-corrected chi connectivity index (χ0v) is 14.6. The molecule has 1 aromatic carbocycles. The van der Waals surface area contributed by atoms with Gasteiger partial charge in [-0.1, -0.05) is 0 Å². The first-order chi connectivity index (χ1) is 13.0. The van der Waals surface area contributed by atoms with Gasteiger partial charge in [0, 0.05) is 29.3 Å². The number of fused-ring (bicyclic) bond motifs is 1. The summed E-state index contributed by atoms with van der Waals surface area (Å²) in [4.78, 5) is 4.42. The first-order valence-electron chi connectivity index (χ1n) is 8.90. The van der Waals surface area contributed by atoms with Gasteiger partial charge < -0.3 is 15.9 Å². The molecule has 6 nitrogen and oxygen atoms in total. The third-order valence-corrected chi connectivity index (χ3v) is 5.22. The Morgan fingerprint density at radius 2 is 1.89 bits per heavy atom. The minimum absolute atomic E-state index is 0.00533. The van der Waals surface area contributed by atoms with Crippen LogP contribution in [0.3, 0.4) is 0 Å². The van der Waals surface area contributed by atoms with E-state index in [1.165, 1.54) is 6.07 Å². The molecule has 0 spiro atoms. The summed E-state index contributed by atoms with van der Waals surface area (Å²) in [5.41, 5.74) is 7.29. The second kappa shape index (κ2) is 6.86. The number of anilines is 1. The van der Waals surface area contributed by atoms with E-state index in [4.69, 9.17) is 5.73 Å². The summed E-state index contributed by atoms with van der Waals surface area (Å²) in [7, 11) is 0. The van der Waals surface area contributed by atoms with Crippen LogP contribution in [0.1, 0.15) is 43.0 Å². The van der Waals surface area contributed by atoms with Crippen LogP contribution in [0.15, 0.2) is 24.4 Å². The second-order valence-electron chi connectivity index (χ2n) is 6.96. The molecule has 1 aliphatic rings. The van der Waals surface area contributed by atoms with Gasteiger partial charge in [0.1, 0.15) is 17.2 Å². The predicted octanol–water partition coefficient (Wildman–Crippen LogP) is 2.77. The summed E-state index contributed by atoms with van der Waals surface area (Å²) < 4.78 is 29.4. The Morgan fingerprint density at radius 1 is 1.15 bits per heavy atom. The van der Waals surface area contributed by atoms with Gasteiger partial charge in [-0.05, 0) is 43.4 Å². The van der Waals surface area contributed by atoms with Crippen molar-refractivity contribution in [3.05, 3.63) is 47.4 Å². The topological polar surface area (TPSA) is 96.7 Å². The fraction of sp³-hybridized carbons (Fsp3) is 0.368. The van der Waals surface area contributed by atoms with E-state index in [1.54, 1.807) is 16.8 Å². The van der Waals surface area contributed by atoms with E-state index in [0.29, 0.717) is 29.7 Å². The summed E-state index contributed by atoms with van der Waals surface area (Å²) in [6, 6.07) is 3.56. The Labute approximate surface area is 154 Å². The molecule has 0 radical (unpaired) electrons. The van der Waals surface area contributed by atoms with Crippen LogP contribution in [-0.2, 0) is 6.61 Å². The van der Waals surface area contributed by atoms with E-state index >= 15 is 0 Å². The van der Waals surface area contributed by atoms with Crippen LogP contribution >= 0.6 is 0 Å². The average Bonchev–Trinajstić information content (AvgIpc) is 3.06. The summed E-state index contributed by atoms with van der Waals surface area (Å²) in [5, 5.41) is 23.7. The number of hydrogen-bond donors (Lipinski definition) is 3. The number of rotatable bonds is 3. The summed E-state index contributed by atoms with van der Waals surface area (Å²) >= 11 is 0. The number of nitrogens with two attached hydrogens (primary N) is 1. The molecule has 0 aliphatic heterocycles. The van der Waals surface area contributed by atoms with E-state index in [0.717, 1.165) is 18.9 Å². The molecule has 0 atom stereocenters. The molecule has 4 N–H and O–H groups in total. The monoisotopic (exact) mass is 374 g/mol. The molecule has 1 aliphatic carbocycles. The molecule has 2 heterocycles. The molecule has 8 heteroatoms. The number of benzene rings is 1. The molecule has 0 saturated heterocycles. The molecule has 0 unspecified atom stereocenters. The highest BCUT2D eigenvalue weighted by molar-refractivity contribution is 5.88. The maximum Gasteiger partial charge on any atom is 0.154 e. The lowest BCUT2D eigenvalue weighted by Gasteiger charge is -2.24. The number of hydrogen-bond acceptors (Lipinski definition) is 5. The van der Waals surface area contributed by atoms with Gasteiger partial charge in [0.05, 0.1) is 12.7 Å². The van der Waals surface area contributed by atoms with Gasteiger partial charge in [0.15, 0.2) is 11.6 Å². The molecule has 3 aromatic rings.